The highest BCUT2D eigenvalue weighted by molar-refractivity contribution is 5.63. The van der Waals surface area contributed by atoms with Crippen molar-refractivity contribution in [3.05, 3.63) is 41.5 Å². The van der Waals surface area contributed by atoms with E-state index in [1.807, 2.05) is 6.07 Å². The van der Waals surface area contributed by atoms with E-state index in [-0.39, 0.29) is 0 Å². The number of hydrogen-bond donors (Lipinski definition) is 0. The summed E-state index contributed by atoms with van der Waals surface area (Å²) in [4.78, 5) is 0. The van der Waals surface area contributed by atoms with E-state index in [2.05, 4.69) is 24.3 Å². The van der Waals surface area contributed by atoms with Crippen LogP contribution in [0.4, 0.5) is 0 Å². The van der Waals surface area contributed by atoms with Gasteiger partial charge in [-0.25, -0.2) is 0 Å². The van der Waals surface area contributed by atoms with Crippen LogP contribution < -0.4 is 0 Å². The van der Waals surface area contributed by atoms with Gasteiger partial charge in [0.2, 0.25) is 0 Å². The molecule has 0 amide bonds. The summed E-state index contributed by atoms with van der Waals surface area (Å²) in [6, 6.07) is 10.4. The second-order valence-corrected chi connectivity index (χ2v) is 3.71. The SMILES string of the molecule is COC(=C1CCCC1)c1ccccc1. The van der Waals surface area contributed by atoms with Gasteiger partial charge < -0.3 is 4.74 Å². The van der Waals surface area contributed by atoms with Gasteiger partial charge in [-0.1, -0.05) is 30.3 Å². The molecule has 1 fully saturated rings. The summed E-state index contributed by atoms with van der Waals surface area (Å²) in [6.45, 7) is 0. The van der Waals surface area contributed by atoms with Gasteiger partial charge in [-0.15, -0.1) is 0 Å². The lowest BCUT2D eigenvalue weighted by Gasteiger charge is -2.09. The van der Waals surface area contributed by atoms with Gasteiger partial charge in [-0.2, -0.15) is 0 Å². The lowest BCUT2D eigenvalue weighted by molar-refractivity contribution is 0.365. The van der Waals surface area contributed by atoms with Crippen LogP contribution >= 0.6 is 0 Å². The first-order valence-electron chi connectivity index (χ1n) is 5.23. The average Bonchev–Trinajstić information content (AvgIpc) is 2.74. The summed E-state index contributed by atoms with van der Waals surface area (Å²) in [7, 11) is 1.77. The maximum Gasteiger partial charge on any atom is 0.125 e. The second kappa shape index (κ2) is 4.32. The molecule has 1 aromatic carbocycles. The first-order chi connectivity index (χ1) is 6.92. The number of allylic oxidation sites excluding steroid dienone is 1. The Bertz CT molecular complexity index is 316. The van der Waals surface area contributed by atoms with Crippen LogP contribution in [-0.4, -0.2) is 7.11 Å². The standard InChI is InChI=1S/C13H16O/c1-14-13(12-9-5-6-10-12)11-7-3-2-4-8-11/h2-4,7-8H,5-6,9-10H2,1H3. The number of hydrogen-bond acceptors (Lipinski definition) is 1. The van der Waals surface area contributed by atoms with E-state index in [9.17, 15) is 0 Å². The predicted octanol–water partition coefficient (Wildman–Crippen LogP) is 3.62. The molecule has 1 aliphatic carbocycles. The van der Waals surface area contributed by atoms with Gasteiger partial charge in [0.05, 0.1) is 7.11 Å². The first kappa shape index (κ1) is 9.32. The predicted molar refractivity (Wildman–Crippen MR) is 58.8 cm³/mol. The van der Waals surface area contributed by atoms with Crippen LogP contribution in [0.15, 0.2) is 35.9 Å². The van der Waals surface area contributed by atoms with Crippen molar-refractivity contribution in [2.24, 2.45) is 0 Å². The first-order valence-corrected chi connectivity index (χ1v) is 5.23. The van der Waals surface area contributed by atoms with Crippen molar-refractivity contribution in [2.75, 3.05) is 7.11 Å². The largest absolute Gasteiger partial charge is 0.496 e. The van der Waals surface area contributed by atoms with Crippen molar-refractivity contribution in [3.8, 4) is 0 Å². The van der Waals surface area contributed by atoms with E-state index < -0.39 is 0 Å². The Labute approximate surface area is 85.4 Å². The lowest BCUT2D eigenvalue weighted by Crippen LogP contribution is -1.91. The molecule has 14 heavy (non-hydrogen) atoms. The van der Waals surface area contributed by atoms with Crippen LogP contribution in [0.1, 0.15) is 31.2 Å². The molecule has 0 heterocycles. The van der Waals surface area contributed by atoms with Crippen LogP contribution in [-0.2, 0) is 4.74 Å². The molecule has 74 valence electrons. The van der Waals surface area contributed by atoms with Crippen molar-refractivity contribution in [3.63, 3.8) is 0 Å². The van der Waals surface area contributed by atoms with Crippen LogP contribution in [0, 0.1) is 0 Å². The monoisotopic (exact) mass is 188 g/mol. The van der Waals surface area contributed by atoms with Crippen LogP contribution in [0.25, 0.3) is 5.76 Å². The molecule has 1 saturated carbocycles. The molecule has 0 radical (unpaired) electrons. The molecule has 0 bridgehead atoms. The zero-order valence-electron chi connectivity index (χ0n) is 8.62. The average molecular weight is 188 g/mol. The maximum absolute atomic E-state index is 5.50. The third-order valence-corrected chi connectivity index (χ3v) is 2.77. The van der Waals surface area contributed by atoms with Crippen LogP contribution in [0.2, 0.25) is 0 Å². The zero-order valence-corrected chi connectivity index (χ0v) is 8.62. The van der Waals surface area contributed by atoms with Gasteiger partial charge >= 0.3 is 0 Å². The highest BCUT2D eigenvalue weighted by Crippen LogP contribution is 2.31. The van der Waals surface area contributed by atoms with Crippen molar-refractivity contribution >= 4 is 5.76 Å². The fourth-order valence-electron chi connectivity index (χ4n) is 2.08. The molecular weight excluding hydrogens is 172 g/mol. The number of ether oxygens (including phenoxy) is 1. The smallest absolute Gasteiger partial charge is 0.125 e. The van der Waals surface area contributed by atoms with E-state index in [0.717, 1.165) is 5.76 Å². The minimum Gasteiger partial charge on any atom is -0.496 e. The van der Waals surface area contributed by atoms with Crippen molar-refractivity contribution in [1.82, 2.24) is 0 Å². The molecule has 0 atom stereocenters. The summed E-state index contributed by atoms with van der Waals surface area (Å²) in [5.74, 6) is 1.10. The Hall–Kier alpha value is -1.24. The summed E-state index contributed by atoms with van der Waals surface area (Å²) in [5, 5.41) is 0. The van der Waals surface area contributed by atoms with Crippen molar-refractivity contribution < 1.29 is 4.74 Å². The van der Waals surface area contributed by atoms with E-state index >= 15 is 0 Å². The van der Waals surface area contributed by atoms with Gasteiger partial charge in [0.15, 0.2) is 0 Å². The third-order valence-electron chi connectivity index (χ3n) is 2.77. The normalized spacial score (nSPS) is 15.6. The van der Waals surface area contributed by atoms with Crippen molar-refractivity contribution in [1.29, 1.82) is 0 Å². The molecule has 0 spiro atoms. The van der Waals surface area contributed by atoms with Gasteiger partial charge in [0.25, 0.3) is 0 Å². The van der Waals surface area contributed by atoms with Crippen LogP contribution in [0.3, 0.4) is 0 Å². The fraction of sp³-hybridized carbons (Fsp3) is 0.385. The summed E-state index contributed by atoms with van der Waals surface area (Å²) >= 11 is 0. The number of rotatable bonds is 2. The molecule has 1 aromatic rings. The Kier molecular flexibility index (Phi) is 2.87. The van der Waals surface area contributed by atoms with E-state index in [4.69, 9.17) is 4.74 Å². The zero-order chi connectivity index (χ0) is 9.80. The summed E-state index contributed by atoms with van der Waals surface area (Å²) in [5.41, 5.74) is 2.70. The fourth-order valence-corrected chi connectivity index (χ4v) is 2.08. The molecule has 0 saturated heterocycles. The highest BCUT2D eigenvalue weighted by Gasteiger charge is 2.14. The molecule has 1 aliphatic rings. The highest BCUT2D eigenvalue weighted by atomic mass is 16.5. The molecule has 1 heteroatoms. The van der Waals surface area contributed by atoms with Gasteiger partial charge in [0, 0.05) is 5.56 Å². The maximum atomic E-state index is 5.50. The molecule has 0 unspecified atom stereocenters. The Morgan fingerprint density at radius 3 is 2.29 bits per heavy atom. The van der Waals surface area contributed by atoms with Crippen LogP contribution in [0.5, 0.6) is 0 Å². The number of methoxy groups -OCH3 is 1. The third kappa shape index (κ3) is 1.82. The Morgan fingerprint density at radius 2 is 1.71 bits per heavy atom. The summed E-state index contributed by atoms with van der Waals surface area (Å²) in [6.07, 6.45) is 5.04. The molecule has 2 rings (SSSR count). The Balaban J connectivity index is 2.34. The van der Waals surface area contributed by atoms with Crippen molar-refractivity contribution in [2.45, 2.75) is 25.7 Å². The topological polar surface area (TPSA) is 9.23 Å². The van der Waals surface area contributed by atoms with E-state index in [0.29, 0.717) is 0 Å². The molecule has 0 aliphatic heterocycles. The Morgan fingerprint density at radius 1 is 1.07 bits per heavy atom. The molecule has 0 N–H and O–H groups in total. The van der Waals surface area contributed by atoms with Gasteiger partial charge in [-0.05, 0) is 31.3 Å². The minimum atomic E-state index is 1.10. The second-order valence-electron chi connectivity index (χ2n) is 3.71. The summed E-state index contributed by atoms with van der Waals surface area (Å²) < 4.78 is 5.50. The number of benzene rings is 1. The lowest BCUT2D eigenvalue weighted by atomic mass is 10.1. The minimum absolute atomic E-state index is 1.10. The quantitative estimate of drug-likeness (QED) is 0.644. The van der Waals surface area contributed by atoms with Gasteiger partial charge in [-0.3, -0.25) is 0 Å². The molecular formula is C13H16O. The van der Waals surface area contributed by atoms with E-state index in [1.54, 1.807) is 7.11 Å². The molecule has 1 nitrogen and oxygen atoms in total. The van der Waals surface area contributed by atoms with E-state index in [1.165, 1.54) is 36.8 Å². The van der Waals surface area contributed by atoms with Gasteiger partial charge in [0.1, 0.15) is 5.76 Å². The molecule has 0 aromatic heterocycles.